The number of carbonyl (C=O) groups is 2. The van der Waals surface area contributed by atoms with Gasteiger partial charge in [-0.3, -0.25) is 4.79 Å². The minimum Gasteiger partial charge on any atom is -0.444 e. The van der Waals surface area contributed by atoms with Crippen LogP contribution >= 0.6 is 0 Å². The maximum Gasteiger partial charge on any atom is 0.407 e. The second kappa shape index (κ2) is 7.64. The minimum absolute atomic E-state index is 0.00347. The Morgan fingerprint density at radius 2 is 1.90 bits per heavy atom. The Kier molecular flexibility index (Phi) is 6.45. The number of alkyl carbamates (subject to hydrolysis) is 1. The van der Waals surface area contributed by atoms with Gasteiger partial charge >= 0.3 is 6.09 Å². The highest BCUT2D eigenvalue weighted by atomic mass is 16.6. The van der Waals surface area contributed by atoms with E-state index in [0.717, 1.165) is 25.7 Å². The molecule has 2 amide bonds. The summed E-state index contributed by atoms with van der Waals surface area (Å²) in [4.78, 5) is 25.7. The van der Waals surface area contributed by atoms with Gasteiger partial charge in [-0.2, -0.15) is 0 Å². The van der Waals surface area contributed by atoms with Crippen molar-refractivity contribution in [2.24, 2.45) is 5.73 Å². The molecule has 0 spiro atoms. The molecule has 2 atom stereocenters. The third-order valence-electron chi connectivity index (χ3n) is 3.67. The Balaban J connectivity index is 2.72. The summed E-state index contributed by atoms with van der Waals surface area (Å²) < 4.78 is 5.31. The largest absolute Gasteiger partial charge is 0.444 e. The van der Waals surface area contributed by atoms with Gasteiger partial charge in [0.05, 0.1) is 18.6 Å². The van der Waals surface area contributed by atoms with Crippen molar-refractivity contribution in [2.45, 2.75) is 71.1 Å². The molecule has 0 aromatic heterocycles. The van der Waals surface area contributed by atoms with Gasteiger partial charge in [-0.1, -0.05) is 12.8 Å². The number of hydrogen-bond acceptors (Lipinski definition) is 4. The lowest BCUT2D eigenvalue weighted by Crippen LogP contribution is -2.56. The summed E-state index contributed by atoms with van der Waals surface area (Å²) in [5.41, 5.74) is 4.96. The first-order valence-electron chi connectivity index (χ1n) is 7.77. The summed E-state index contributed by atoms with van der Waals surface area (Å²) in [5.74, 6) is -0.0691. The number of amides is 2. The molecule has 0 aromatic carbocycles. The second-order valence-electron chi connectivity index (χ2n) is 6.49. The van der Waals surface area contributed by atoms with E-state index in [1.165, 1.54) is 0 Å². The van der Waals surface area contributed by atoms with Crippen LogP contribution in [0, 0.1) is 0 Å². The van der Waals surface area contributed by atoms with Crippen LogP contribution in [-0.4, -0.2) is 47.7 Å². The molecule has 0 radical (unpaired) electrons. The summed E-state index contributed by atoms with van der Waals surface area (Å²) in [6.07, 6.45) is 3.44. The molecule has 21 heavy (non-hydrogen) atoms. The number of hydrogen-bond donors (Lipinski definition) is 2. The van der Waals surface area contributed by atoms with Gasteiger partial charge < -0.3 is 20.7 Å². The first-order valence-corrected chi connectivity index (χ1v) is 7.77. The van der Waals surface area contributed by atoms with Crippen LogP contribution in [0.25, 0.3) is 0 Å². The molecule has 122 valence electrons. The molecule has 6 nitrogen and oxygen atoms in total. The molecule has 0 heterocycles. The number of nitrogens with zero attached hydrogens (tertiary/aromatic N) is 1. The van der Waals surface area contributed by atoms with Crippen molar-refractivity contribution >= 4 is 12.0 Å². The Morgan fingerprint density at radius 1 is 1.29 bits per heavy atom. The van der Waals surface area contributed by atoms with E-state index in [9.17, 15) is 9.59 Å². The third kappa shape index (κ3) is 5.53. The Hall–Kier alpha value is -1.30. The molecule has 3 N–H and O–H groups in total. The summed E-state index contributed by atoms with van der Waals surface area (Å²) in [5, 5.41) is 2.92. The zero-order valence-electron chi connectivity index (χ0n) is 13.6. The quantitative estimate of drug-likeness (QED) is 0.826. The van der Waals surface area contributed by atoms with E-state index < -0.39 is 11.7 Å². The molecular weight excluding hydrogens is 270 g/mol. The lowest BCUT2D eigenvalue weighted by Gasteiger charge is -2.39. The van der Waals surface area contributed by atoms with E-state index in [1.807, 2.05) is 27.7 Å². The fourth-order valence-corrected chi connectivity index (χ4v) is 2.82. The topological polar surface area (TPSA) is 84.7 Å². The van der Waals surface area contributed by atoms with Crippen LogP contribution in [0.4, 0.5) is 4.79 Å². The average Bonchev–Trinajstić information content (AvgIpc) is 2.39. The fraction of sp³-hybridized carbons (Fsp3) is 0.867. The summed E-state index contributed by atoms with van der Waals surface area (Å²) in [7, 11) is 0. The fourth-order valence-electron chi connectivity index (χ4n) is 2.82. The van der Waals surface area contributed by atoms with Crippen molar-refractivity contribution in [1.82, 2.24) is 10.2 Å². The molecule has 1 saturated carbocycles. The Morgan fingerprint density at radius 3 is 2.43 bits per heavy atom. The smallest absolute Gasteiger partial charge is 0.407 e. The number of likely N-dealkylation sites (N-methyl/N-ethyl adjacent to an activating group) is 1. The van der Waals surface area contributed by atoms with Crippen LogP contribution in [-0.2, 0) is 9.53 Å². The van der Waals surface area contributed by atoms with Gasteiger partial charge in [0, 0.05) is 6.54 Å². The zero-order valence-corrected chi connectivity index (χ0v) is 13.6. The van der Waals surface area contributed by atoms with E-state index in [2.05, 4.69) is 5.32 Å². The maximum absolute atomic E-state index is 12.0. The second-order valence-corrected chi connectivity index (χ2v) is 6.49. The molecule has 1 aliphatic rings. The number of carbonyl (C=O) groups excluding carboxylic acids is 2. The van der Waals surface area contributed by atoms with Crippen LogP contribution in [0.2, 0.25) is 0 Å². The standard InChI is InChI=1S/C15H29N3O3/c1-5-18(13(19)10-16)12-9-7-6-8-11(12)17-14(20)21-15(2,3)4/h11-12H,5-10,16H2,1-4H3,(H,17,20)/t11-,12+/m0/s1. The third-order valence-corrected chi connectivity index (χ3v) is 3.67. The van der Waals surface area contributed by atoms with Crippen molar-refractivity contribution < 1.29 is 14.3 Å². The van der Waals surface area contributed by atoms with Crippen molar-refractivity contribution in [1.29, 1.82) is 0 Å². The Bertz CT molecular complexity index is 366. The summed E-state index contributed by atoms with van der Waals surface area (Å²) in [6.45, 7) is 8.05. The van der Waals surface area contributed by atoms with E-state index in [-0.39, 0.29) is 24.5 Å². The first-order chi connectivity index (χ1) is 9.78. The van der Waals surface area contributed by atoms with E-state index in [4.69, 9.17) is 10.5 Å². The molecule has 0 aromatic rings. The molecule has 0 aliphatic heterocycles. The highest BCUT2D eigenvalue weighted by molar-refractivity contribution is 5.78. The zero-order chi connectivity index (χ0) is 16.0. The molecule has 1 aliphatic carbocycles. The van der Waals surface area contributed by atoms with Crippen LogP contribution in [0.15, 0.2) is 0 Å². The predicted molar refractivity (Wildman–Crippen MR) is 81.9 cm³/mol. The Labute approximate surface area is 127 Å². The number of nitrogens with one attached hydrogen (secondary N) is 1. The van der Waals surface area contributed by atoms with Crippen molar-refractivity contribution in [3.8, 4) is 0 Å². The number of rotatable bonds is 4. The highest BCUT2D eigenvalue weighted by Gasteiger charge is 2.33. The minimum atomic E-state index is -0.522. The van der Waals surface area contributed by atoms with E-state index in [0.29, 0.717) is 6.54 Å². The predicted octanol–water partition coefficient (Wildman–Crippen LogP) is 1.63. The van der Waals surface area contributed by atoms with Gasteiger partial charge in [0.2, 0.25) is 5.91 Å². The van der Waals surface area contributed by atoms with E-state index >= 15 is 0 Å². The molecule has 1 fully saturated rings. The number of nitrogens with two attached hydrogens (primary N) is 1. The van der Waals surface area contributed by atoms with Crippen molar-refractivity contribution in [3.05, 3.63) is 0 Å². The van der Waals surface area contributed by atoms with Gasteiger partial charge in [0.15, 0.2) is 0 Å². The maximum atomic E-state index is 12.0. The molecule has 6 heteroatoms. The van der Waals surface area contributed by atoms with E-state index in [1.54, 1.807) is 4.90 Å². The van der Waals surface area contributed by atoms with Crippen LogP contribution in [0.1, 0.15) is 53.4 Å². The van der Waals surface area contributed by atoms with Crippen LogP contribution in [0.3, 0.4) is 0 Å². The monoisotopic (exact) mass is 299 g/mol. The van der Waals surface area contributed by atoms with Gasteiger partial charge in [0.25, 0.3) is 0 Å². The molecule has 0 saturated heterocycles. The lowest BCUT2D eigenvalue weighted by atomic mass is 9.89. The summed E-state index contributed by atoms with van der Waals surface area (Å²) >= 11 is 0. The van der Waals surface area contributed by atoms with Gasteiger partial charge in [-0.15, -0.1) is 0 Å². The molecule has 0 unspecified atom stereocenters. The number of ether oxygens (including phenoxy) is 1. The van der Waals surface area contributed by atoms with Crippen LogP contribution in [0.5, 0.6) is 0 Å². The van der Waals surface area contributed by atoms with Crippen LogP contribution < -0.4 is 11.1 Å². The molecular formula is C15H29N3O3. The molecule has 0 bridgehead atoms. The van der Waals surface area contributed by atoms with Gasteiger partial charge in [0.1, 0.15) is 5.60 Å². The van der Waals surface area contributed by atoms with Crippen molar-refractivity contribution in [2.75, 3.05) is 13.1 Å². The van der Waals surface area contributed by atoms with Gasteiger partial charge in [-0.05, 0) is 40.5 Å². The highest BCUT2D eigenvalue weighted by Crippen LogP contribution is 2.24. The first kappa shape index (κ1) is 17.8. The van der Waals surface area contributed by atoms with Gasteiger partial charge in [-0.25, -0.2) is 4.79 Å². The lowest BCUT2D eigenvalue weighted by molar-refractivity contribution is -0.133. The average molecular weight is 299 g/mol. The summed E-state index contributed by atoms with van der Waals surface area (Å²) in [6, 6.07) is -0.0589. The van der Waals surface area contributed by atoms with Crippen molar-refractivity contribution in [3.63, 3.8) is 0 Å². The normalized spacial score (nSPS) is 22.5. The molecule has 1 rings (SSSR count). The SMILES string of the molecule is CCN(C(=O)CN)[C@@H]1CCCC[C@@H]1NC(=O)OC(C)(C)C.